The summed E-state index contributed by atoms with van der Waals surface area (Å²) in [6.45, 7) is 3.02. The molecule has 0 bridgehead atoms. The molecule has 3 amide bonds. The van der Waals surface area contributed by atoms with Crippen molar-refractivity contribution in [1.82, 2.24) is 19.8 Å². The Balaban J connectivity index is 1.49. The number of ether oxygens (including phenoxy) is 1. The van der Waals surface area contributed by atoms with Crippen LogP contribution in [-0.4, -0.2) is 70.2 Å². The van der Waals surface area contributed by atoms with Crippen molar-refractivity contribution in [2.45, 2.75) is 31.2 Å². The molecule has 2 aliphatic rings. The third-order valence-corrected chi connectivity index (χ3v) is 7.25. The quantitative estimate of drug-likeness (QED) is 0.553. The van der Waals surface area contributed by atoms with Crippen LogP contribution in [0.3, 0.4) is 0 Å². The van der Waals surface area contributed by atoms with E-state index in [1.807, 2.05) is 29.2 Å². The maximum absolute atomic E-state index is 12.9. The molecule has 178 valence electrons. The monoisotopic (exact) mass is 463 g/mol. The van der Waals surface area contributed by atoms with Crippen LogP contribution in [0.2, 0.25) is 0 Å². The van der Waals surface area contributed by atoms with Gasteiger partial charge in [0.25, 0.3) is 0 Å². The molecule has 0 aliphatic carbocycles. The van der Waals surface area contributed by atoms with Crippen LogP contribution in [0.25, 0.3) is 10.9 Å². The van der Waals surface area contributed by atoms with Gasteiger partial charge < -0.3 is 29.9 Å². The van der Waals surface area contributed by atoms with Gasteiger partial charge in [-0.15, -0.1) is 0 Å². The Morgan fingerprint density at radius 3 is 2.74 bits per heavy atom. The zero-order chi connectivity index (χ0) is 23.9. The second-order valence-electron chi connectivity index (χ2n) is 9.11. The summed E-state index contributed by atoms with van der Waals surface area (Å²) in [6, 6.07) is 8.94. The third kappa shape index (κ3) is 3.66. The predicted octanol–water partition coefficient (Wildman–Crippen LogP) is 3.03. The number of aromatic amines is 1. The van der Waals surface area contributed by atoms with Crippen LogP contribution in [0.4, 0.5) is 10.5 Å². The van der Waals surface area contributed by atoms with E-state index in [9.17, 15) is 14.7 Å². The van der Waals surface area contributed by atoms with Crippen LogP contribution in [0, 0.1) is 0 Å². The van der Waals surface area contributed by atoms with Gasteiger partial charge in [-0.1, -0.05) is 0 Å². The summed E-state index contributed by atoms with van der Waals surface area (Å²) in [7, 11) is 1.63. The van der Waals surface area contributed by atoms with Gasteiger partial charge in [-0.3, -0.25) is 9.78 Å². The summed E-state index contributed by atoms with van der Waals surface area (Å²) in [6.07, 6.45) is 4.71. The van der Waals surface area contributed by atoms with Crippen molar-refractivity contribution in [1.29, 1.82) is 0 Å². The van der Waals surface area contributed by atoms with Crippen LogP contribution in [0.5, 0.6) is 5.75 Å². The normalized spacial score (nSPS) is 19.2. The van der Waals surface area contributed by atoms with Gasteiger partial charge in [-0.2, -0.15) is 0 Å². The zero-order valence-corrected chi connectivity index (χ0v) is 19.4. The number of benzene rings is 1. The second-order valence-corrected chi connectivity index (χ2v) is 9.11. The number of hydrogen-bond donors (Lipinski definition) is 3. The summed E-state index contributed by atoms with van der Waals surface area (Å²) >= 11 is 0. The summed E-state index contributed by atoms with van der Waals surface area (Å²) in [4.78, 5) is 36.6. The fraction of sp³-hybridized carbons (Fsp3) is 0.400. The zero-order valence-electron chi connectivity index (χ0n) is 19.4. The summed E-state index contributed by atoms with van der Waals surface area (Å²) < 4.78 is 5.40. The Hall–Kier alpha value is -3.59. The lowest BCUT2D eigenvalue weighted by atomic mass is 9.68. The Morgan fingerprint density at radius 1 is 1.29 bits per heavy atom. The van der Waals surface area contributed by atoms with E-state index >= 15 is 0 Å². The highest BCUT2D eigenvalue weighted by Gasteiger charge is 2.48. The van der Waals surface area contributed by atoms with Crippen molar-refractivity contribution < 1.29 is 19.4 Å². The first kappa shape index (κ1) is 22.2. The van der Waals surface area contributed by atoms with E-state index in [1.165, 1.54) is 0 Å². The van der Waals surface area contributed by atoms with Crippen LogP contribution in [0.1, 0.15) is 37.1 Å². The fourth-order valence-corrected chi connectivity index (χ4v) is 5.52. The molecular weight excluding hydrogens is 434 g/mol. The number of carbonyl (C=O) groups excluding carboxylic acids is 2. The average molecular weight is 464 g/mol. The van der Waals surface area contributed by atoms with Gasteiger partial charge in [-0.05, 0) is 42.7 Å². The molecule has 34 heavy (non-hydrogen) atoms. The number of urea groups is 1. The molecule has 4 heterocycles. The number of aliphatic hydroxyl groups is 1. The molecule has 0 unspecified atom stereocenters. The summed E-state index contributed by atoms with van der Waals surface area (Å²) in [5.74, 6) is 0.670. The molecule has 0 saturated carbocycles. The maximum Gasteiger partial charge on any atom is 0.321 e. The number of anilines is 1. The first-order valence-corrected chi connectivity index (χ1v) is 11.5. The van der Waals surface area contributed by atoms with Crippen molar-refractivity contribution in [3.8, 4) is 5.75 Å². The van der Waals surface area contributed by atoms with Crippen molar-refractivity contribution in [3.63, 3.8) is 0 Å². The number of aromatic nitrogens is 2. The summed E-state index contributed by atoms with van der Waals surface area (Å²) in [5, 5.41) is 14.2. The van der Waals surface area contributed by atoms with Gasteiger partial charge in [0.1, 0.15) is 5.75 Å². The molecule has 1 saturated heterocycles. The molecule has 1 atom stereocenters. The smallest absolute Gasteiger partial charge is 0.321 e. The van der Waals surface area contributed by atoms with E-state index in [0.29, 0.717) is 38.2 Å². The van der Waals surface area contributed by atoms with E-state index in [1.54, 1.807) is 37.4 Å². The lowest BCUT2D eigenvalue weighted by Gasteiger charge is -2.50. The van der Waals surface area contributed by atoms with Gasteiger partial charge in [0.05, 0.1) is 31.6 Å². The number of aliphatic hydroxyl groups excluding tert-OH is 1. The molecule has 0 radical (unpaired) electrons. The Bertz CT molecular complexity index is 1220. The fourth-order valence-electron chi connectivity index (χ4n) is 5.52. The Labute approximate surface area is 197 Å². The molecule has 3 aromatic rings. The number of methoxy groups -OCH3 is 1. The second kappa shape index (κ2) is 8.64. The molecule has 9 heteroatoms. The number of rotatable bonds is 3. The molecule has 5 rings (SSSR count). The van der Waals surface area contributed by atoms with Gasteiger partial charge in [0.15, 0.2) is 0 Å². The van der Waals surface area contributed by atoms with Crippen molar-refractivity contribution >= 4 is 28.5 Å². The molecule has 1 spiro atoms. The molecular formula is C25H29N5O4. The number of fused-ring (bicyclic) bond motifs is 4. The van der Waals surface area contributed by atoms with Crippen molar-refractivity contribution in [2.75, 3.05) is 38.7 Å². The van der Waals surface area contributed by atoms with E-state index in [0.717, 1.165) is 27.9 Å². The third-order valence-electron chi connectivity index (χ3n) is 7.25. The minimum absolute atomic E-state index is 0.0722. The van der Waals surface area contributed by atoms with Crippen LogP contribution < -0.4 is 10.1 Å². The largest absolute Gasteiger partial charge is 0.497 e. The highest BCUT2D eigenvalue weighted by molar-refractivity contribution is 5.90. The first-order chi connectivity index (χ1) is 16.5. The SMILES string of the molecule is COc1ccc2c3c([nH]c2c1)[C@H](CO)N(C(C)=O)CC31CCN(C(=O)Nc2cccnc2)CC1. The molecule has 9 nitrogen and oxygen atoms in total. The standard InChI is InChI=1S/C25H29N5O4/c1-16(32)30-15-25(7-10-29(11-8-25)24(33)27-17-4-3-9-26-13-17)22-19-6-5-18(34-2)12-20(19)28-23(22)21(30)14-31/h3-6,9,12-13,21,28,31H,7-8,10-11,14-15H2,1-2H3,(H,27,33)/t21-/m0/s1. The minimum atomic E-state index is -0.427. The topological polar surface area (TPSA) is 111 Å². The number of hydrogen-bond acceptors (Lipinski definition) is 5. The molecule has 2 aromatic heterocycles. The lowest BCUT2D eigenvalue weighted by molar-refractivity contribution is -0.134. The highest BCUT2D eigenvalue weighted by atomic mass is 16.5. The van der Waals surface area contributed by atoms with E-state index < -0.39 is 6.04 Å². The number of nitrogens with zero attached hydrogens (tertiary/aromatic N) is 3. The van der Waals surface area contributed by atoms with Gasteiger partial charge in [0, 0.05) is 60.8 Å². The van der Waals surface area contributed by atoms with Gasteiger partial charge in [0.2, 0.25) is 5.91 Å². The first-order valence-electron chi connectivity index (χ1n) is 11.5. The lowest BCUT2D eigenvalue weighted by Crippen LogP contribution is -2.55. The number of pyridine rings is 1. The van der Waals surface area contributed by atoms with Crippen molar-refractivity contribution in [2.24, 2.45) is 0 Å². The average Bonchev–Trinajstić information content (AvgIpc) is 3.24. The van der Waals surface area contributed by atoms with Crippen LogP contribution in [0.15, 0.2) is 42.7 Å². The number of piperidine rings is 1. The molecule has 2 aliphatic heterocycles. The van der Waals surface area contributed by atoms with Crippen LogP contribution in [-0.2, 0) is 10.2 Å². The van der Waals surface area contributed by atoms with E-state index in [4.69, 9.17) is 4.74 Å². The predicted molar refractivity (Wildman–Crippen MR) is 128 cm³/mol. The Morgan fingerprint density at radius 2 is 2.09 bits per heavy atom. The number of carbonyl (C=O) groups is 2. The van der Waals surface area contributed by atoms with Gasteiger partial charge >= 0.3 is 6.03 Å². The number of nitrogens with one attached hydrogen (secondary N) is 2. The van der Waals surface area contributed by atoms with Gasteiger partial charge in [-0.25, -0.2) is 4.79 Å². The molecule has 1 fully saturated rings. The number of H-pyrrole nitrogens is 1. The number of amides is 3. The molecule has 3 N–H and O–H groups in total. The van der Waals surface area contributed by atoms with E-state index in [2.05, 4.69) is 15.3 Å². The van der Waals surface area contributed by atoms with E-state index in [-0.39, 0.29) is 24.0 Å². The minimum Gasteiger partial charge on any atom is -0.497 e. The van der Waals surface area contributed by atoms with Crippen LogP contribution >= 0.6 is 0 Å². The maximum atomic E-state index is 12.9. The highest BCUT2D eigenvalue weighted by Crippen LogP contribution is 2.49. The molecule has 1 aromatic carbocycles. The number of likely N-dealkylation sites (tertiary alicyclic amines) is 1. The Kier molecular flexibility index (Phi) is 5.65. The summed E-state index contributed by atoms with van der Waals surface area (Å²) in [5.41, 5.74) is 3.29. The van der Waals surface area contributed by atoms with Crippen molar-refractivity contribution in [3.05, 3.63) is 54.0 Å².